The zero-order valence-electron chi connectivity index (χ0n) is 12.1. The predicted octanol–water partition coefficient (Wildman–Crippen LogP) is 3.54. The van der Waals surface area contributed by atoms with Crippen LogP contribution in [0.4, 0.5) is 5.69 Å². The van der Waals surface area contributed by atoms with E-state index in [1.807, 2.05) is 17.7 Å². The Morgan fingerprint density at radius 1 is 1.24 bits per heavy atom. The van der Waals surface area contributed by atoms with Crippen LogP contribution in [0.2, 0.25) is 0 Å². The second kappa shape index (κ2) is 6.67. The van der Waals surface area contributed by atoms with Crippen LogP contribution in [0, 0.1) is 0 Å². The Labute approximate surface area is 132 Å². The molecule has 1 amide bonds. The number of aromatic nitrogens is 1. The third kappa shape index (κ3) is 3.39. The van der Waals surface area contributed by atoms with Gasteiger partial charge in [0.05, 0.1) is 14.2 Å². The number of aryl methyl sites for hydroxylation is 1. The Morgan fingerprint density at radius 3 is 2.57 bits per heavy atom. The lowest BCUT2D eigenvalue weighted by Gasteiger charge is -2.11. The molecule has 6 heteroatoms. The number of nitrogens with zero attached hydrogens (tertiary/aromatic N) is 1. The maximum Gasteiger partial charge on any atom is 0.272 e. The van der Waals surface area contributed by atoms with Crippen LogP contribution < -0.4 is 14.8 Å². The van der Waals surface area contributed by atoms with Gasteiger partial charge in [-0.3, -0.25) is 4.79 Å². The number of amides is 1. The van der Waals surface area contributed by atoms with Crippen LogP contribution in [0.1, 0.15) is 17.4 Å². The van der Waals surface area contributed by atoms with Crippen LogP contribution >= 0.6 is 15.9 Å². The Hall–Kier alpha value is -1.95. The van der Waals surface area contributed by atoms with E-state index in [1.165, 1.54) is 0 Å². The Balaban J connectivity index is 2.23. The van der Waals surface area contributed by atoms with Gasteiger partial charge in [0.25, 0.3) is 5.91 Å². The van der Waals surface area contributed by atoms with Gasteiger partial charge in [-0.05, 0) is 41.1 Å². The first-order valence-corrected chi connectivity index (χ1v) is 7.27. The third-order valence-corrected chi connectivity index (χ3v) is 3.51. The molecular formula is C15H17BrN2O3. The van der Waals surface area contributed by atoms with Crippen molar-refractivity contribution >= 4 is 27.5 Å². The van der Waals surface area contributed by atoms with E-state index < -0.39 is 0 Å². The Kier molecular flexibility index (Phi) is 4.90. The number of hydrogen-bond acceptors (Lipinski definition) is 3. The van der Waals surface area contributed by atoms with Gasteiger partial charge in [-0.2, -0.15) is 0 Å². The molecule has 0 bridgehead atoms. The van der Waals surface area contributed by atoms with Gasteiger partial charge in [0.1, 0.15) is 5.69 Å². The molecule has 112 valence electrons. The molecule has 0 fully saturated rings. The van der Waals surface area contributed by atoms with Crippen molar-refractivity contribution in [2.45, 2.75) is 13.5 Å². The van der Waals surface area contributed by atoms with Gasteiger partial charge in [-0.1, -0.05) is 0 Å². The van der Waals surface area contributed by atoms with Gasteiger partial charge in [0.2, 0.25) is 0 Å². The molecule has 1 aromatic heterocycles. The minimum Gasteiger partial charge on any atom is -0.493 e. The summed E-state index contributed by atoms with van der Waals surface area (Å²) in [6, 6.07) is 7.04. The maximum atomic E-state index is 12.3. The SMILES string of the molecule is CCn1cc(Br)cc1C(=O)Nc1ccc(OC)c(OC)c1. The number of benzene rings is 1. The average molecular weight is 353 g/mol. The molecule has 0 atom stereocenters. The van der Waals surface area contributed by atoms with Gasteiger partial charge >= 0.3 is 0 Å². The molecule has 21 heavy (non-hydrogen) atoms. The summed E-state index contributed by atoms with van der Waals surface area (Å²) in [5, 5.41) is 2.86. The van der Waals surface area contributed by atoms with Gasteiger partial charge < -0.3 is 19.4 Å². The maximum absolute atomic E-state index is 12.3. The molecular weight excluding hydrogens is 336 g/mol. The molecule has 1 N–H and O–H groups in total. The Morgan fingerprint density at radius 2 is 1.95 bits per heavy atom. The summed E-state index contributed by atoms with van der Waals surface area (Å²) in [7, 11) is 3.13. The van der Waals surface area contributed by atoms with E-state index in [-0.39, 0.29) is 5.91 Å². The minimum atomic E-state index is -0.172. The monoisotopic (exact) mass is 352 g/mol. The molecule has 0 aliphatic rings. The van der Waals surface area contributed by atoms with Crippen LogP contribution in [0.15, 0.2) is 34.9 Å². The minimum absolute atomic E-state index is 0.172. The molecule has 0 saturated carbocycles. The first kappa shape index (κ1) is 15.4. The van der Waals surface area contributed by atoms with Gasteiger partial charge in [0, 0.05) is 29.0 Å². The average Bonchev–Trinajstić information content (AvgIpc) is 2.88. The number of ether oxygens (including phenoxy) is 2. The lowest BCUT2D eigenvalue weighted by Crippen LogP contribution is -2.16. The highest BCUT2D eigenvalue weighted by atomic mass is 79.9. The van der Waals surface area contributed by atoms with Crippen LogP contribution in [-0.4, -0.2) is 24.7 Å². The summed E-state index contributed by atoms with van der Waals surface area (Å²) in [5.41, 5.74) is 1.25. The van der Waals surface area contributed by atoms with E-state index in [9.17, 15) is 4.79 Å². The fourth-order valence-corrected chi connectivity index (χ4v) is 2.50. The molecule has 0 aliphatic heterocycles. The van der Waals surface area contributed by atoms with Gasteiger partial charge in [-0.25, -0.2) is 0 Å². The highest BCUT2D eigenvalue weighted by Crippen LogP contribution is 2.30. The molecule has 0 unspecified atom stereocenters. The van der Waals surface area contributed by atoms with Crippen LogP contribution in [0.3, 0.4) is 0 Å². The smallest absolute Gasteiger partial charge is 0.272 e. The van der Waals surface area contributed by atoms with Crippen molar-refractivity contribution < 1.29 is 14.3 Å². The number of hydrogen-bond donors (Lipinski definition) is 1. The number of methoxy groups -OCH3 is 2. The van der Waals surface area contributed by atoms with Crippen molar-refractivity contribution in [1.29, 1.82) is 0 Å². The summed E-state index contributed by atoms with van der Waals surface area (Å²) in [6.45, 7) is 2.71. The van der Waals surface area contributed by atoms with Crippen LogP contribution in [0.5, 0.6) is 11.5 Å². The highest BCUT2D eigenvalue weighted by Gasteiger charge is 2.13. The van der Waals surface area contributed by atoms with E-state index in [0.717, 1.165) is 11.0 Å². The zero-order chi connectivity index (χ0) is 15.4. The number of nitrogens with one attached hydrogen (secondary N) is 1. The first-order chi connectivity index (χ1) is 10.1. The van der Waals surface area contributed by atoms with E-state index in [4.69, 9.17) is 9.47 Å². The number of anilines is 1. The number of carbonyl (C=O) groups is 1. The summed E-state index contributed by atoms with van der Waals surface area (Å²) >= 11 is 3.38. The topological polar surface area (TPSA) is 52.5 Å². The zero-order valence-corrected chi connectivity index (χ0v) is 13.7. The summed E-state index contributed by atoms with van der Waals surface area (Å²) in [4.78, 5) is 12.3. The van der Waals surface area contributed by atoms with Crippen molar-refractivity contribution in [2.24, 2.45) is 0 Å². The fraction of sp³-hybridized carbons (Fsp3) is 0.267. The highest BCUT2D eigenvalue weighted by molar-refractivity contribution is 9.10. The van der Waals surface area contributed by atoms with E-state index in [1.54, 1.807) is 38.5 Å². The standard InChI is InChI=1S/C15H17BrN2O3/c1-4-18-9-10(16)7-12(18)15(19)17-11-5-6-13(20-2)14(8-11)21-3/h5-9H,4H2,1-3H3,(H,17,19). The second-order valence-electron chi connectivity index (χ2n) is 4.35. The molecule has 2 rings (SSSR count). The van der Waals surface area contributed by atoms with Crippen LogP contribution in [0.25, 0.3) is 0 Å². The van der Waals surface area contributed by atoms with E-state index in [2.05, 4.69) is 21.2 Å². The van der Waals surface area contributed by atoms with Crippen molar-refractivity contribution in [3.63, 3.8) is 0 Å². The van der Waals surface area contributed by atoms with Crippen molar-refractivity contribution in [3.8, 4) is 11.5 Å². The number of halogens is 1. The molecule has 0 radical (unpaired) electrons. The lowest BCUT2D eigenvalue weighted by atomic mass is 10.2. The number of rotatable bonds is 5. The molecule has 2 aromatic rings. The van der Waals surface area contributed by atoms with E-state index >= 15 is 0 Å². The predicted molar refractivity (Wildman–Crippen MR) is 85.3 cm³/mol. The summed E-state index contributed by atoms with van der Waals surface area (Å²) in [5.74, 6) is 1.02. The third-order valence-electron chi connectivity index (χ3n) is 3.08. The second-order valence-corrected chi connectivity index (χ2v) is 5.27. The first-order valence-electron chi connectivity index (χ1n) is 6.48. The van der Waals surface area contributed by atoms with Gasteiger partial charge in [-0.15, -0.1) is 0 Å². The lowest BCUT2D eigenvalue weighted by molar-refractivity contribution is 0.101. The normalized spacial score (nSPS) is 10.3. The Bertz CT molecular complexity index is 652. The molecule has 0 aliphatic carbocycles. The molecule has 1 aromatic carbocycles. The largest absolute Gasteiger partial charge is 0.493 e. The molecule has 0 saturated heterocycles. The number of carbonyl (C=O) groups excluding carboxylic acids is 1. The quantitative estimate of drug-likeness (QED) is 0.895. The summed E-state index contributed by atoms with van der Waals surface area (Å²) < 4.78 is 13.1. The molecule has 1 heterocycles. The van der Waals surface area contributed by atoms with Crippen molar-refractivity contribution in [3.05, 3.63) is 40.6 Å². The fourth-order valence-electron chi connectivity index (χ4n) is 2.04. The summed E-state index contributed by atoms with van der Waals surface area (Å²) in [6.07, 6.45) is 1.88. The molecule has 0 spiro atoms. The molecule has 5 nitrogen and oxygen atoms in total. The van der Waals surface area contributed by atoms with Crippen molar-refractivity contribution in [1.82, 2.24) is 4.57 Å². The van der Waals surface area contributed by atoms with E-state index in [0.29, 0.717) is 22.9 Å². The van der Waals surface area contributed by atoms with Gasteiger partial charge in [0.15, 0.2) is 11.5 Å². The van der Waals surface area contributed by atoms with Crippen LogP contribution in [-0.2, 0) is 6.54 Å². The van der Waals surface area contributed by atoms with Crippen molar-refractivity contribution in [2.75, 3.05) is 19.5 Å².